The molecule has 8 heteroatoms. The number of hydrogen-bond acceptors (Lipinski definition) is 7. The van der Waals surface area contributed by atoms with Crippen molar-refractivity contribution in [1.82, 2.24) is 9.97 Å². The fourth-order valence-corrected chi connectivity index (χ4v) is 4.98. The van der Waals surface area contributed by atoms with Gasteiger partial charge in [0, 0.05) is 49.1 Å². The smallest absolute Gasteiger partial charge is 0.234 e. The second-order valence-corrected chi connectivity index (χ2v) is 9.50. The van der Waals surface area contributed by atoms with Crippen molar-refractivity contribution >= 4 is 35.0 Å². The Hall–Kier alpha value is -3.23. The van der Waals surface area contributed by atoms with E-state index in [2.05, 4.69) is 34.1 Å². The van der Waals surface area contributed by atoms with Crippen LogP contribution in [0.3, 0.4) is 0 Å². The highest BCUT2D eigenvalue weighted by molar-refractivity contribution is 7.99. The zero-order valence-electron chi connectivity index (χ0n) is 19.1. The van der Waals surface area contributed by atoms with Crippen LogP contribution < -0.4 is 9.80 Å². The van der Waals surface area contributed by atoms with Crippen LogP contribution in [0.4, 0.5) is 11.4 Å². The summed E-state index contributed by atoms with van der Waals surface area (Å²) in [5.74, 6) is 0.497. The van der Waals surface area contributed by atoms with E-state index in [1.54, 1.807) is 11.8 Å². The molecule has 0 radical (unpaired) electrons. The molecule has 174 valence electrons. The van der Waals surface area contributed by atoms with E-state index in [0.717, 1.165) is 47.6 Å². The molecular formula is C26H26N4O3S. The Bertz CT molecular complexity index is 1180. The van der Waals surface area contributed by atoms with Crippen molar-refractivity contribution in [2.24, 2.45) is 0 Å². The molecule has 1 aromatic heterocycles. The number of nitrogens with zero attached hydrogens (tertiary/aromatic N) is 4. The summed E-state index contributed by atoms with van der Waals surface area (Å²) in [6.07, 6.45) is 3.10. The van der Waals surface area contributed by atoms with Crippen LogP contribution in [0, 0.1) is 6.92 Å². The lowest BCUT2D eigenvalue weighted by molar-refractivity contribution is -0.121. The Kier molecular flexibility index (Phi) is 6.60. The molecule has 3 heterocycles. The second-order valence-electron chi connectivity index (χ2n) is 8.44. The molecule has 2 saturated heterocycles. The molecule has 2 aliphatic rings. The molecule has 3 aromatic rings. The number of aromatic nitrogens is 2. The van der Waals surface area contributed by atoms with Crippen LogP contribution in [-0.2, 0) is 20.7 Å². The van der Waals surface area contributed by atoms with Crippen LogP contribution in [0.25, 0.3) is 0 Å². The van der Waals surface area contributed by atoms with Gasteiger partial charge in [0.2, 0.25) is 11.8 Å². The Morgan fingerprint density at radius 2 is 1.56 bits per heavy atom. The summed E-state index contributed by atoms with van der Waals surface area (Å²) in [6, 6.07) is 16.1. The quantitative estimate of drug-likeness (QED) is 0.395. The fourth-order valence-electron chi connectivity index (χ4n) is 4.12. The van der Waals surface area contributed by atoms with Gasteiger partial charge in [-0.25, -0.2) is 9.97 Å². The first-order valence-electron chi connectivity index (χ1n) is 11.4. The molecule has 0 aliphatic carbocycles. The van der Waals surface area contributed by atoms with E-state index >= 15 is 0 Å². The number of rotatable bonds is 6. The predicted molar refractivity (Wildman–Crippen MR) is 131 cm³/mol. The van der Waals surface area contributed by atoms with E-state index in [4.69, 9.17) is 9.72 Å². The number of morpholine rings is 1. The number of aryl methyl sites for hydroxylation is 1. The number of carbonyl (C=O) groups is 2. The van der Waals surface area contributed by atoms with E-state index in [0.29, 0.717) is 12.1 Å². The van der Waals surface area contributed by atoms with Crippen molar-refractivity contribution in [3.05, 3.63) is 71.7 Å². The maximum absolute atomic E-state index is 12.0. The summed E-state index contributed by atoms with van der Waals surface area (Å²) >= 11 is 1.56. The predicted octanol–water partition coefficient (Wildman–Crippen LogP) is 4.02. The van der Waals surface area contributed by atoms with Gasteiger partial charge in [-0.05, 0) is 54.4 Å². The first-order valence-corrected chi connectivity index (χ1v) is 12.3. The van der Waals surface area contributed by atoms with E-state index in [1.165, 1.54) is 16.2 Å². The molecular weight excluding hydrogens is 448 g/mol. The molecule has 7 nitrogen and oxygen atoms in total. The van der Waals surface area contributed by atoms with Crippen molar-refractivity contribution in [3.8, 4) is 0 Å². The van der Waals surface area contributed by atoms with Crippen molar-refractivity contribution in [2.75, 3.05) is 36.1 Å². The molecule has 5 rings (SSSR count). The number of imide groups is 1. The highest BCUT2D eigenvalue weighted by Crippen LogP contribution is 2.31. The average Bonchev–Trinajstić information content (AvgIpc) is 3.20. The number of benzene rings is 2. The van der Waals surface area contributed by atoms with Gasteiger partial charge in [0.25, 0.3) is 0 Å². The van der Waals surface area contributed by atoms with Crippen LogP contribution >= 0.6 is 11.8 Å². The minimum atomic E-state index is -0.139. The largest absolute Gasteiger partial charge is 0.378 e. The van der Waals surface area contributed by atoms with Crippen LogP contribution in [0.1, 0.15) is 29.8 Å². The lowest BCUT2D eigenvalue weighted by Gasteiger charge is -2.28. The third-order valence-electron chi connectivity index (χ3n) is 6.01. The van der Waals surface area contributed by atoms with Gasteiger partial charge in [0.15, 0.2) is 0 Å². The Morgan fingerprint density at radius 3 is 2.24 bits per heavy atom. The van der Waals surface area contributed by atoms with Crippen molar-refractivity contribution < 1.29 is 14.3 Å². The maximum Gasteiger partial charge on any atom is 0.234 e. The topological polar surface area (TPSA) is 75.6 Å². The number of ether oxygens (including phenoxy) is 1. The van der Waals surface area contributed by atoms with Gasteiger partial charge in [0.1, 0.15) is 10.9 Å². The Balaban J connectivity index is 1.26. The molecule has 0 unspecified atom stereocenters. The highest BCUT2D eigenvalue weighted by Gasteiger charge is 2.30. The van der Waals surface area contributed by atoms with Crippen molar-refractivity contribution in [1.29, 1.82) is 0 Å². The standard InChI is InChI=1S/C26H26N4O3S/c1-18-17-27-23(16-19-2-4-20(5-3-19)29-12-14-33-15-13-29)28-26(18)34-22-8-6-21(7-9-22)30-24(31)10-11-25(30)32/h2-9,17H,10-16H2,1H3. The highest BCUT2D eigenvalue weighted by atomic mass is 32.2. The van der Waals surface area contributed by atoms with Gasteiger partial charge in [0.05, 0.1) is 18.9 Å². The van der Waals surface area contributed by atoms with Gasteiger partial charge in [-0.2, -0.15) is 0 Å². The molecule has 2 aromatic carbocycles. The molecule has 0 bridgehead atoms. The SMILES string of the molecule is Cc1cnc(Cc2ccc(N3CCOCC3)cc2)nc1Sc1ccc(N2C(=O)CCC2=O)cc1. The number of amides is 2. The van der Waals surface area contributed by atoms with E-state index < -0.39 is 0 Å². The van der Waals surface area contributed by atoms with Crippen molar-refractivity contribution in [2.45, 2.75) is 36.1 Å². The normalized spacial score (nSPS) is 16.4. The zero-order chi connectivity index (χ0) is 23.5. The molecule has 0 spiro atoms. The van der Waals surface area contributed by atoms with Crippen LogP contribution in [0.2, 0.25) is 0 Å². The van der Waals surface area contributed by atoms with E-state index in [9.17, 15) is 9.59 Å². The summed E-state index contributed by atoms with van der Waals surface area (Å²) in [7, 11) is 0. The van der Waals surface area contributed by atoms with Crippen LogP contribution in [0.5, 0.6) is 0 Å². The molecule has 0 N–H and O–H groups in total. The Labute approximate surface area is 203 Å². The first-order chi connectivity index (χ1) is 16.6. The van der Waals surface area contributed by atoms with Gasteiger partial charge in [-0.15, -0.1) is 0 Å². The molecule has 0 saturated carbocycles. The van der Waals surface area contributed by atoms with Gasteiger partial charge in [-0.1, -0.05) is 23.9 Å². The van der Waals surface area contributed by atoms with Crippen LogP contribution in [-0.4, -0.2) is 48.1 Å². The van der Waals surface area contributed by atoms with E-state index in [1.807, 2.05) is 37.4 Å². The monoisotopic (exact) mass is 474 g/mol. The Morgan fingerprint density at radius 1 is 0.912 bits per heavy atom. The second kappa shape index (κ2) is 9.95. The van der Waals surface area contributed by atoms with Gasteiger partial charge >= 0.3 is 0 Å². The van der Waals surface area contributed by atoms with Crippen molar-refractivity contribution in [3.63, 3.8) is 0 Å². The lowest BCUT2D eigenvalue weighted by Crippen LogP contribution is -2.36. The fraction of sp³-hybridized carbons (Fsp3) is 0.308. The molecule has 34 heavy (non-hydrogen) atoms. The zero-order valence-corrected chi connectivity index (χ0v) is 19.9. The third-order valence-corrected chi connectivity index (χ3v) is 7.13. The molecule has 2 aliphatic heterocycles. The van der Waals surface area contributed by atoms with Gasteiger partial charge < -0.3 is 9.64 Å². The molecule has 2 amide bonds. The van der Waals surface area contributed by atoms with Gasteiger partial charge in [-0.3, -0.25) is 14.5 Å². The summed E-state index contributed by atoms with van der Waals surface area (Å²) in [6.45, 7) is 5.39. The lowest BCUT2D eigenvalue weighted by atomic mass is 10.1. The number of anilines is 2. The summed E-state index contributed by atoms with van der Waals surface area (Å²) in [5, 5.41) is 0.899. The number of hydrogen-bond donors (Lipinski definition) is 0. The maximum atomic E-state index is 12.0. The first kappa shape index (κ1) is 22.6. The minimum absolute atomic E-state index is 0.139. The molecule has 0 atom stereocenters. The average molecular weight is 475 g/mol. The summed E-state index contributed by atoms with van der Waals surface area (Å²) < 4.78 is 5.44. The summed E-state index contributed by atoms with van der Waals surface area (Å²) in [4.78, 5) is 37.9. The number of carbonyl (C=O) groups excluding carboxylic acids is 2. The minimum Gasteiger partial charge on any atom is -0.378 e. The van der Waals surface area contributed by atoms with E-state index in [-0.39, 0.29) is 24.7 Å². The third kappa shape index (κ3) is 4.98. The van der Waals surface area contributed by atoms with Crippen LogP contribution in [0.15, 0.2) is 64.6 Å². The molecule has 2 fully saturated rings. The summed E-state index contributed by atoms with van der Waals surface area (Å²) in [5.41, 5.74) is 4.01.